The second kappa shape index (κ2) is 12.2. The summed E-state index contributed by atoms with van der Waals surface area (Å²) in [6.07, 6.45) is 8.54. The fourth-order valence-corrected chi connectivity index (χ4v) is 5.36. The van der Waals surface area contributed by atoms with E-state index < -0.39 is 10.0 Å². The standard InChI is InChI=1S/C24H32N8O2S.ClH/c1-31(2)22-12-6-11-21-20(22)10-7-13-23(21)35(33,34)27-14-15-32-17-19(29-30-32)9-5-3-4-8-18-16-26-24(25)28-18;/h6-7,10-13,16-17,27H,3-5,8-9,14-15H2,1-2H3,(H3,25,26,28);1H. The van der Waals surface area contributed by atoms with Gasteiger partial charge >= 0.3 is 0 Å². The Morgan fingerprint density at radius 2 is 1.75 bits per heavy atom. The highest BCUT2D eigenvalue weighted by Crippen LogP contribution is 2.30. The van der Waals surface area contributed by atoms with E-state index in [1.54, 1.807) is 16.8 Å². The Balaban J connectivity index is 0.00000361. The predicted molar refractivity (Wildman–Crippen MR) is 145 cm³/mol. The number of nitrogens with one attached hydrogen (secondary N) is 2. The van der Waals surface area contributed by atoms with Crippen LogP contribution in [0.5, 0.6) is 0 Å². The number of aromatic nitrogens is 5. The Kier molecular flexibility index (Phi) is 9.30. The summed E-state index contributed by atoms with van der Waals surface area (Å²) in [6.45, 7) is 0.627. The van der Waals surface area contributed by atoms with Gasteiger partial charge in [-0.25, -0.2) is 18.1 Å². The molecule has 2 heterocycles. The van der Waals surface area contributed by atoms with Gasteiger partial charge in [0.2, 0.25) is 10.0 Å². The molecule has 4 N–H and O–H groups in total. The summed E-state index contributed by atoms with van der Waals surface area (Å²) in [5.74, 6) is 0.453. The number of H-pyrrole nitrogens is 1. The molecule has 0 fully saturated rings. The van der Waals surface area contributed by atoms with Crippen LogP contribution in [0, 0.1) is 0 Å². The lowest BCUT2D eigenvalue weighted by atomic mass is 10.1. The number of halogens is 1. The summed E-state index contributed by atoms with van der Waals surface area (Å²) in [5.41, 5.74) is 8.45. The molecule has 0 aliphatic rings. The van der Waals surface area contributed by atoms with E-state index in [0.29, 0.717) is 17.9 Å². The number of nitrogens with zero attached hydrogens (tertiary/aromatic N) is 5. The quantitative estimate of drug-likeness (QED) is 0.238. The fraction of sp³-hybridized carbons (Fsp3) is 0.375. The molecular formula is C24H33ClN8O2S. The lowest BCUT2D eigenvalue weighted by Gasteiger charge is -2.17. The summed E-state index contributed by atoms with van der Waals surface area (Å²) in [6, 6.07) is 11.0. The van der Waals surface area contributed by atoms with E-state index >= 15 is 0 Å². The minimum absolute atomic E-state index is 0. The van der Waals surface area contributed by atoms with Gasteiger partial charge in [0.1, 0.15) is 0 Å². The third kappa shape index (κ3) is 6.74. The van der Waals surface area contributed by atoms with Crippen molar-refractivity contribution < 1.29 is 8.42 Å². The van der Waals surface area contributed by atoms with Crippen molar-refractivity contribution in [2.45, 2.75) is 43.5 Å². The summed E-state index contributed by atoms with van der Waals surface area (Å²) >= 11 is 0. The number of anilines is 2. The zero-order valence-corrected chi connectivity index (χ0v) is 22.1. The number of aryl methyl sites for hydroxylation is 2. The number of rotatable bonds is 12. The zero-order chi connectivity index (χ0) is 24.8. The van der Waals surface area contributed by atoms with Crippen LogP contribution in [0.2, 0.25) is 0 Å². The van der Waals surface area contributed by atoms with Crippen molar-refractivity contribution in [3.05, 3.63) is 60.2 Å². The number of aromatic amines is 1. The third-order valence-corrected chi connectivity index (χ3v) is 7.39. The SMILES string of the molecule is CN(C)c1cccc2c(S(=O)(=O)NCCn3cc(CCCCCc4c[nH]c(N)n4)nn3)cccc12.Cl. The molecule has 0 saturated carbocycles. The van der Waals surface area contributed by atoms with Gasteiger partial charge < -0.3 is 15.6 Å². The molecule has 4 rings (SSSR count). The normalized spacial score (nSPS) is 11.5. The maximum atomic E-state index is 13.0. The fourth-order valence-electron chi connectivity index (χ4n) is 4.12. The molecule has 0 atom stereocenters. The minimum Gasteiger partial charge on any atom is -0.377 e. The van der Waals surface area contributed by atoms with E-state index in [0.717, 1.165) is 54.6 Å². The van der Waals surface area contributed by atoms with Crippen LogP contribution in [-0.4, -0.2) is 54.0 Å². The summed E-state index contributed by atoms with van der Waals surface area (Å²) in [7, 11) is 0.206. The van der Waals surface area contributed by atoms with Crippen LogP contribution in [0.3, 0.4) is 0 Å². The first kappa shape index (κ1) is 27.4. The van der Waals surface area contributed by atoms with Crippen LogP contribution in [0.1, 0.15) is 30.7 Å². The molecule has 0 spiro atoms. The number of unbranched alkanes of at least 4 members (excludes halogenated alkanes) is 2. The number of hydrogen-bond donors (Lipinski definition) is 3. The Morgan fingerprint density at radius 1 is 1.03 bits per heavy atom. The summed E-state index contributed by atoms with van der Waals surface area (Å²) in [4.78, 5) is 9.34. The molecule has 2 aromatic carbocycles. The number of fused-ring (bicyclic) bond motifs is 1. The molecule has 0 amide bonds. The van der Waals surface area contributed by atoms with Gasteiger partial charge in [-0.15, -0.1) is 17.5 Å². The van der Waals surface area contributed by atoms with Crippen molar-refractivity contribution >= 4 is 44.8 Å². The largest absolute Gasteiger partial charge is 0.377 e. The van der Waals surface area contributed by atoms with E-state index in [-0.39, 0.29) is 23.8 Å². The summed E-state index contributed by atoms with van der Waals surface area (Å²) < 4.78 is 30.5. The first-order valence-electron chi connectivity index (χ1n) is 11.7. The van der Waals surface area contributed by atoms with Crippen molar-refractivity contribution in [2.75, 3.05) is 31.3 Å². The third-order valence-electron chi connectivity index (χ3n) is 5.87. The smallest absolute Gasteiger partial charge is 0.241 e. The lowest BCUT2D eigenvalue weighted by Crippen LogP contribution is -2.27. The van der Waals surface area contributed by atoms with Gasteiger partial charge in [0.15, 0.2) is 5.95 Å². The van der Waals surface area contributed by atoms with Gasteiger partial charge in [0.25, 0.3) is 0 Å². The highest BCUT2D eigenvalue weighted by Gasteiger charge is 2.18. The summed E-state index contributed by atoms with van der Waals surface area (Å²) in [5, 5.41) is 9.95. The average molecular weight is 533 g/mol. The average Bonchev–Trinajstić information content (AvgIpc) is 3.46. The van der Waals surface area contributed by atoms with Crippen molar-refractivity contribution in [1.82, 2.24) is 29.7 Å². The van der Waals surface area contributed by atoms with E-state index in [2.05, 4.69) is 25.0 Å². The molecule has 0 aliphatic heterocycles. The first-order valence-corrected chi connectivity index (χ1v) is 13.2. The van der Waals surface area contributed by atoms with Crippen LogP contribution in [-0.2, 0) is 29.4 Å². The number of nitrogen functional groups attached to an aromatic ring is 1. The molecule has 10 nitrogen and oxygen atoms in total. The topological polar surface area (TPSA) is 135 Å². The molecule has 0 radical (unpaired) electrons. The van der Waals surface area contributed by atoms with Gasteiger partial charge in [-0.2, -0.15) is 0 Å². The highest BCUT2D eigenvalue weighted by molar-refractivity contribution is 7.89. The van der Waals surface area contributed by atoms with E-state index in [1.807, 2.05) is 55.7 Å². The molecule has 0 aliphatic carbocycles. The maximum Gasteiger partial charge on any atom is 0.241 e. The van der Waals surface area contributed by atoms with Crippen LogP contribution in [0.25, 0.3) is 10.8 Å². The lowest BCUT2D eigenvalue weighted by molar-refractivity contribution is 0.553. The van der Waals surface area contributed by atoms with Crippen LogP contribution < -0.4 is 15.4 Å². The number of imidazole rings is 1. The van der Waals surface area contributed by atoms with Crippen LogP contribution >= 0.6 is 12.4 Å². The van der Waals surface area contributed by atoms with E-state index in [1.165, 1.54) is 0 Å². The Bertz CT molecular complexity index is 1380. The maximum absolute atomic E-state index is 13.0. The van der Waals surface area contributed by atoms with E-state index in [4.69, 9.17) is 5.73 Å². The molecule has 4 aromatic rings. The zero-order valence-electron chi connectivity index (χ0n) is 20.5. The number of hydrogen-bond acceptors (Lipinski definition) is 7. The molecule has 0 unspecified atom stereocenters. The number of benzene rings is 2. The Labute approximate surface area is 217 Å². The minimum atomic E-state index is -3.68. The molecule has 0 bridgehead atoms. The van der Waals surface area contributed by atoms with Gasteiger partial charge in [-0.1, -0.05) is 35.9 Å². The van der Waals surface area contributed by atoms with Crippen molar-refractivity contribution in [1.29, 1.82) is 0 Å². The number of sulfonamides is 1. The first-order chi connectivity index (χ1) is 16.8. The molecule has 194 valence electrons. The van der Waals surface area contributed by atoms with Gasteiger partial charge in [-0.05, 0) is 37.8 Å². The molecule has 36 heavy (non-hydrogen) atoms. The molecule has 12 heteroatoms. The number of nitrogens with two attached hydrogens (primary N) is 1. The van der Waals surface area contributed by atoms with Gasteiger partial charge in [0, 0.05) is 49.5 Å². The highest BCUT2D eigenvalue weighted by atomic mass is 35.5. The van der Waals surface area contributed by atoms with Gasteiger partial charge in [-0.3, -0.25) is 4.68 Å². The van der Waals surface area contributed by atoms with Gasteiger partial charge in [0.05, 0.1) is 22.8 Å². The van der Waals surface area contributed by atoms with E-state index in [9.17, 15) is 8.42 Å². The van der Waals surface area contributed by atoms with Crippen molar-refractivity contribution in [3.63, 3.8) is 0 Å². The monoisotopic (exact) mass is 532 g/mol. The molecule has 2 aromatic heterocycles. The second-order valence-corrected chi connectivity index (χ2v) is 10.5. The molecular weight excluding hydrogens is 500 g/mol. The Hall–Kier alpha value is -3.15. The Morgan fingerprint density at radius 3 is 2.47 bits per heavy atom. The van der Waals surface area contributed by atoms with Crippen molar-refractivity contribution in [3.8, 4) is 0 Å². The van der Waals surface area contributed by atoms with Crippen LogP contribution in [0.4, 0.5) is 11.6 Å². The van der Waals surface area contributed by atoms with Crippen molar-refractivity contribution in [2.24, 2.45) is 0 Å². The molecule has 0 saturated heterocycles. The second-order valence-electron chi connectivity index (χ2n) is 8.73. The van der Waals surface area contributed by atoms with Crippen LogP contribution in [0.15, 0.2) is 53.7 Å². The predicted octanol–water partition coefficient (Wildman–Crippen LogP) is 3.16.